The fraction of sp³-hybridized carbons (Fsp3) is 0.368. The molecule has 0 radical (unpaired) electrons. The molecule has 2 heteroatoms. The summed E-state index contributed by atoms with van der Waals surface area (Å²) in [4.78, 5) is 0. The Labute approximate surface area is 127 Å². The van der Waals surface area contributed by atoms with E-state index in [1.54, 1.807) is 0 Å². The minimum absolute atomic E-state index is 0.214. The Balaban J connectivity index is 1.78. The van der Waals surface area contributed by atoms with E-state index in [0.29, 0.717) is 0 Å². The summed E-state index contributed by atoms with van der Waals surface area (Å²) < 4.78 is 5.71. The van der Waals surface area contributed by atoms with Crippen LogP contribution in [0.1, 0.15) is 32.3 Å². The number of hydrogen-bond donors (Lipinski definition) is 1. The first kappa shape index (κ1) is 14.2. The Morgan fingerprint density at radius 1 is 1.05 bits per heavy atom. The summed E-state index contributed by atoms with van der Waals surface area (Å²) in [6, 6.07) is 17.8. The quantitative estimate of drug-likeness (QED) is 0.847. The van der Waals surface area contributed by atoms with E-state index in [1.807, 2.05) is 13.8 Å². The monoisotopic (exact) mass is 281 g/mol. The molecule has 1 fully saturated rings. The Kier molecular flexibility index (Phi) is 4.26. The molecule has 2 nitrogen and oxygen atoms in total. The lowest BCUT2D eigenvalue weighted by atomic mass is 9.99. The van der Waals surface area contributed by atoms with Gasteiger partial charge in [0.05, 0.1) is 6.10 Å². The zero-order valence-electron chi connectivity index (χ0n) is 12.8. The number of benzene rings is 2. The summed E-state index contributed by atoms with van der Waals surface area (Å²) in [6.45, 7) is 5.05. The van der Waals surface area contributed by atoms with Gasteiger partial charge in [-0.1, -0.05) is 36.4 Å². The van der Waals surface area contributed by atoms with Crippen LogP contribution in [0.4, 0.5) is 0 Å². The van der Waals surface area contributed by atoms with Crippen molar-refractivity contribution in [1.82, 2.24) is 5.32 Å². The summed E-state index contributed by atoms with van der Waals surface area (Å²) in [7, 11) is 0. The van der Waals surface area contributed by atoms with Gasteiger partial charge in [-0.05, 0) is 55.5 Å². The molecular weight excluding hydrogens is 258 g/mol. The second kappa shape index (κ2) is 6.31. The zero-order chi connectivity index (χ0) is 14.7. The van der Waals surface area contributed by atoms with Crippen molar-refractivity contribution in [3.8, 4) is 16.9 Å². The summed E-state index contributed by atoms with van der Waals surface area (Å²) in [5.74, 6) is 0.933. The fourth-order valence-corrected chi connectivity index (χ4v) is 2.48. The van der Waals surface area contributed by atoms with Crippen molar-refractivity contribution in [2.45, 2.75) is 45.4 Å². The SMILES string of the molecule is CC(C)Oc1ccc(-c2ccccc2CNC2CC2)cc1. The van der Waals surface area contributed by atoms with Crippen LogP contribution in [0.15, 0.2) is 48.5 Å². The molecule has 2 aromatic rings. The van der Waals surface area contributed by atoms with E-state index in [4.69, 9.17) is 4.74 Å². The zero-order valence-corrected chi connectivity index (χ0v) is 12.8. The highest BCUT2D eigenvalue weighted by atomic mass is 16.5. The Hall–Kier alpha value is -1.80. The van der Waals surface area contributed by atoms with Crippen molar-refractivity contribution >= 4 is 0 Å². The van der Waals surface area contributed by atoms with Gasteiger partial charge in [0.15, 0.2) is 0 Å². The number of hydrogen-bond acceptors (Lipinski definition) is 2. The van der Waals surface area contributed by atoms with E-state index in [0.717, 1.165) is 18.3 Å². The predicted molar refractivity (Wildman–Crippen MR) is 87.5 cm³/mol. The molecule has 0 atom stereocenters. The van der Waals surface area contributed by atoms with Gasteiger partial charge in [-0.25, -0.2) is 0 Å². The first-order valence-electron chi connectivity index (χ1n) is 7.81. The fourth-order valence-electron chi connectivity index (χ4n) is 2.48. The van der Waals surface area contributed by atoms with Gasteiger partial charge in [0, 0.05) is 12.6 Å². The van der Waals surface area contributed by atoms with Gasteiger partial charge >= 0.3 is 0 Å². The predicted octanol–water partition coefficient (Wildman–Crippen LogP) is 4.39. The summed E-state index contributed by atoms with van der Waals surface area (Å²) in [6.07, 6.45) is 2.86. The maximum Gasteiger partial charge on any atom is 0.119 e. The highest BCUT2D eigenvalue weighted by molar-refractivity contribution is 5.68. The van der Waals surface area contributed by atoms with Gasteiger partial charge < -0.3 is 10.1 Å². The Bertz CT molecular complexity index is 585. The smallest absolute Gasteiger partial charge is 0.119 e. The minimum atomic E-state index is 0.214. The van der Waals surface area contributed by atoms with Gasteiger partial charge in [0.2, 0.25) is 0 Å². The van der Waals surface area contributed by atoms with Gasteiger partial charge in [0.25, 0.3) is 0 Å². The van der Waals surface area contributed by atoms with E-state index in [1.165, 1.54) is 29.5 Å². The van der Waals surface area contributed by atoms with Gasteiger partial charge in [-0.3, -0.25) is 0 Å². The van der Waals surface area contributed by atoms with Crippen LogP contribution in [-0.4, -0.2) is 12.1 Å². The third-order valence-corrected chi connectivity index (χ3v) is 3.71. The second-order valence-corrected chi connectivity index (χ2v) is 6.00. The van der Waals surface area contributed by atoms with Gasteiger partial charge in [0.1, 0.15) is 5.75 Å². The maximum absolute atomic E-state index is 5.71. The average Bonchev–Trinajstić information content (AvgIpc) is 3.30. The van der Waals surface area contributed by atoms with E-state index in [-0.39, 0.29) is 6.10 Å². The van der Waals surface area contributed by atoms with Gasteiger partial charge in [-0.2, -0.15) is 0 Å². The van der Waals surface area contributed by atoms with E-state index in [2.05, 4.69) is 53.8 Å². The number of ether oxygens (including phenoxy) is 1. The first-order chi connectivity index (χ1) is 10.2. The molecule has 0 spiro atoms. The van der Waals surface area contributed by atoms with Crippen LogP contribution in [0.2, 0.25) is 0 Å². The topological polar surface area (TPSA) is 21.3 Å². The van der Waals surface area contributed by atoms with Crippen molar-refractivity contribution < 1.29 is 4.74 Å². The largest absolute Gasteiger partial charge is 0.491 e. The highest BCUT2D eigenvalue weighted by Gasteiger charge is 2.20. The molecule has 1 aliphatic rings. The summed E-state index contributed by atoms with van der Waals surface area (Å²) in [5.41, 5.74) is 3.92. The van der Waals surface area contributed by atoms with Crippen LogP contribution >= 0.6 is 0 Å². The lowest BCUT2D eigenvalue weighted by molar-refractivity contribution is 0.242. The van der Waals surface area contributed by atoms with Crippen molar-refractivity contribution in [2.75, 3.05) is 0 Å². The normalized spacial score (nSPS) is 14.4. The lowest BCUT2D eigenvalue weighted by Gasteiger charge is -2.13. The lowest BCUT2D eigenvalue weighted by Crippen LogP contribution is -2.15. The molecule has 1 aliphatic carbocycles. The third kappa shape index (κ3) is 3.85. The maximum atomic E-state index is 5.71. The minimum Gasteiger partial charge on any atom is -0.491 e. The number of nitrogens with one attached hydrogen (secondary N) is 1. The standard InChI is InChI=1S/C19H23NO/c1-14(2)21-18-11-7-15(8-12-18)19-6-4-3-5-16(19)13-20-17-9-10-17/h3-8,11-12,14,17,20H,9-10,13H2,1-2H3. The number of rotatable bonds is 6. The third-order valence-electron chi connectivity index (χ3n) is 3.71. The van der Waals surface area contributed by atoms with E-state index >= 15 is 0 Å². The molecule has 0 aliphatic heterocycles. The molecule has 1 saturated carbocycles. The van der Waals surface area contributed by atoms with E-state index in [9.17, 15) is 0 Å². The van der Waals surface area contributed by atoms with Crippen LogP contribution in [0.5, 0.6) is 5.75 Å². The van der Waals surface area contributed by atoms with Crippen LogP contribution < -0.4 is 10.1 Å². The Morgan fingerprint density at radius 2 is 1.76 bits per heavy atom. The van der Waals surface area contributed by atoms with Crippen LogP contribution in [0.25, 0.3) is 11.1 Å². The van der Waals surface area contributed by atoms with Crippen molar-refractivity contribution in [3.63, 3.8) is 0 Å². The summed E-state index contributed by atoms with van der Waals surface area (Å²) >= 11 is 0. The molecule has 21 heavy (non-hydrogen) atoms. The molecule has 2 aromatic carbocycles. The van der Waals surface area contributed by atoms with Crippen LogP contribution in [-0.2, 0) is 6.54 Å². The van der Waals surface area contributed by atoms with Crippen LogP contribution in [0, 0.1) is 0 Å². The highest BCUT2D eigenvalue weighted by Crippen LogP contribution is 2.27. The molecule has 0 unspecified atom stereocenters. The molecular formula is C19H23NO. The molecule has 0 heterocycles. The molecule has 3 rings (SSSR count). The van der Waals surface area contributed by atoms with Crippen LogP contribution in [0.3, 0.4) is 0 Å². The van der Waals surface area contributed by atoms with Crippen molar-refractivity contribution in [1.29, 1.82) is 0 Å². The molecule has 0 aromatic heterocycles. The van der Waals surface area contributed by atoms with Gasteiger partial charge in [-0.15, -0.1) is 0 Å². The molecule has 0 amide bonds. The van der Waals surface area contributed by atoms with Crippen molar-refractivity contribution in [2.24, 2.45) is 0 Å². The first-order valence-corrected chi connectivity index (χ1v) is 7.81. The molecule has 0 bridgehead atoms. The molecule has 1 N–H and O–H groups in total. The molecule has 110 valence electrons. The Morgan fingerprint density at radius 3 is 2.43 bits per heavy atom. The summed E-state index contributed by atoms with van der Waals surface area (Å²) in [5, 5.41) is 3.60. The van der Waals surface area contributed by atoms with Crippen molar-refractivity contribution in [3.05, 3.63) is 54.1 Å². The average molecular weight is 281 g/mol. The second-order valence-electron chi connectivity index (χ2n) is 6.00. The van der Waals surface area contributed by atoms with E-state index < -0.39 is 0 Å². The molecule has 0 saturated heterocycles.